The fraction of sp³-hybridized carbons (Fsp3) is 0.0769. The third kappa shape index (κ3) is 3.03. The zero-order valence-electron chi connectivity index (χ0n) is 10.2. The van der Waals surface area contributed by atoms with Gasteiger partial charge in [-0.1, -0.05) is 27.2 Å². The Morgan fingerprint density at radius 1 is 1.37 bits per heavy atom. The van der Waals surface area contributed by atoms with Crippen molar-refractivity contribution in [3.63, 3.8) is 0 Å². The van der Waals surface area contributed by atoms with Crippen LogP contribution in [0.4, 0.5) is 0 Å². The summed E-state index contributed by atoms with van der Waals surface area (Å²) >= 11 is 3.39. The normalized spacial score (nSPS) is 11.4. The van der Waals surface area contributed by atoms with E-state index in [2.05, 4.69) is 26.1 Å². The Morgan fingerprint density at radius 3 is 2.89 bits per heavy atom. The van der Waals surface area contributed by atoms with Crippen LogP contribution in [0.3, 0.4) is 0 Å². The Balaban J connectivity index is 2.41. The molecule has 5 nitrogen and oxygen atoms in total. The van der Waals surface area contributed by atoms with Crippen LogP contribution < -0.4 is 10.5 Å². The van der Waals surface area contributed by atoms with Crippen LogP contribution in [0.15, 0.2) is 46.2 Å². The van der Waals surface area contributed by atoms with Gasteiger partial charge >= 0.3 is 0 Å². The maximum atomic E-state index is 8.74. The van der Waals surface area contributed by atoms with Crippen molar-refractivity contribution < 1.29 is 9.94 Å². The molecule has 1 aromatic heterocycles. The SMILES string of the molecule is Cc1ccc(Br)cc1Oc1cccnc1/C(N)=N/O. The lowest BCUT2D eigenvalue weighted by Gasteiger charge is -2.11. The summed E-state index contributed by atoms with van der Waals surface area (Å²) in [7, 11) is 0. The second-order valence-electron chi connectivity index (χ2n) is 3.85. The van der Waals surface area contributed by atoms with Crippen LogP contribution in [-0.4, -0.2) is 16.0 Å². The molecule has 0 saturated carbocycles. The Morgan fingerprint density at radius 2 is 2.16 bits per heavy atom. The van der Waals surface area contributed by atoms with E-state index in [0.717, 1.165) is 10.0 Å². The number of amidine groups is 1. The molecule has 0 unspecified atom stereocenters. The Kier molecular flexibility index (Phi) is 4.01. The first-order chi connectivity index (χ1) is 9.11. The molecule has 2 rings (SSSR count). The van der Waals surface area contributed by atoms with Gasteiger partial charge in [-0.25, -0.2) is 4.98 Å². The monoisotopic (exact) mass is 321 g/mol. The van der Waals surface area contributed by atoms with Gasteiger partial charge in [-0.3, -0.25) is 0 Å². The predicted molar refractivity (Wildman–Crippen MR) is 75.7 cm³/mol. The molecule has 0 bridgehead atoms. The molecule has 0 radical (unpaired) electrons. The van der Waals surface area contributed by atoms with Gasteiger partial charge in [0.2, 0.25) is 0 Å². The number of rotatable bonds is 3. The van der Waals surface area contributed by atoms with Gasteiger partial charge in [0, 0.05) is 10.7 Å². The smallest absolute Gasteiger partial charge is 0.192 e. The van der Waals surface area contributed by atoms with Gasteiger partial charge in [0.1, 0.15) is 5.75 Å². The third-order valence-corrected chi connectivity index (χ3v) is 2.98. The van der Waals surface area contributed by atoms with E-state index in [9.17, 15) is 0 Å². The van der Waals surface area contributed by atoms with Crippen LogP contribution in [0.1, 0.15) is 11.3 Å². The number of nitrogens with two attached hydrogens (primary N) is 1. The van der Waals surface area contributed by atoms with E-state index in [1.807, 2.05) is 25.1 Å². The molecule has 0 fully saturated rings. The standard InChI is InChI=1S/C13H12BrN3O2/c1-8-4-5-9(14)7-11(8)19-10-3-2-6-16-12(10)13(15)17-18/h2-7,18H,1H3,(H2,15,17). The van der Waals surface area contributed by atoms with Crippen molar-refractivity contribution >= 4 is 21.8 Å². The van der Waals surface area contributed by atoms with E-state index in [1.165, 1.54) is 0 Å². The first-order valence-electron chi connectivity index (χ1n) is 5.48. The summed E-state index contributed by atoms with van der Waals surface area (Å²) in [4.78, 5) is 4.05. The molecule has 0 aliphatic rings. The van der Waals surface area contributed by atoms with E-state index in [-0.39, 0.29) is 5.84 Å². The molecule has 2 aromatic rings. The second kappa shape index (κ2) is 5.71. The molecular formula is C13H12BrN3O2. The highest BCUT2D eigenvalue weighted by Crippen LogP contribution is 2.29. The zero-order chi connectivity index (χ0) is 13.8. The predicted octanol–water partition coefficient (Wildman–Crippen LogP) is 3.04. The number of hydrogen-bond acceptors (Lipinski definition) is 4. The number of aromatic nitrogens is 1. The van der Waals surface area contributed by atoms with Crippen LogP contribution in [0.2, 0.25) is 0 Å². The van der Waals surface area contributed by atoms with Crippen LogP contribution in [0, 0.1) is 6.92 Å². The second-order valence-corrected chi connectivity index (χ2v) is 4.76. The Hall–Kier alpha value is -2.08. The van der Waals surface area contributed by atoms with Crippen molar-refractivity contribution in [2.45, 2.75) is 6.92 Å². The Labute approximate surface area is 118 Å². The lowest BCUT2D eigenvalue weighted by molar-refractivity contribution is 0.318. The van der Waals surface area contributed by atoms with E-state index >= 15 is 0 Å². The number of halogens is 1. The van der Waals surface area contributed by atoms with Crippen LogP contribution in [-0.2, 0) is 0 Å². The summed E-state index contributed by atoms with van der Waals surface area (Å²) in [5.74, 6) is 1.01. The van der Waals surface area contributed by atoms with Crippen molar-refractivity contribution in [3.05, 3.63) is 52.3 Å². The summed E-state index contributed by atoms with van der Waals surface area (Å²) in [5, 5.41) is 11.7. The average molecular weight is 322 g/mol. The van der Waals surface area contributed by atoms with Gasteiger partial charge < -0.3 is 15.7 Å². The number of pyridine rings is 1. The van der Waals surface area contributed by atoms with Gasteiger partial charge in [0.25, 0.3) is 0 Å². The van der Waals surface area contributed by atoms with Crippen molar-refractivity contribution in [1.29, 1.82) is 0 Å². The van der Waals surface area contributed by atoms with Crippen molar-refractivity contribution in [1.82, 2.24) is 4.98 Å². The lowest BCUT2D eigenvalue weighted by atomic mass is 10.2. The van der Waals surface area contributed by atoms with Gasteiger partial charge in [-0.2, -0.15) is 0 Å². The largest absolute Gasteiger partial charge is 0.455 e. The molecule has 0 spiro atoms. The fourth-order valence-electron chi connectivity index (χ4n) is 1.51. The molecule has 0 aliphatic carbocycles. The van der Waals surface area contributed by atoms with E-state index in [4.69, 9.17) is 15.7 Å². The number of hydrogen-bond donors (Lipinski definition) is 2. The molecule has 0 saturated heterocycles. The summed E-state index contributed by atoms with van der Waals surface area (Å²) in [5.41, 5.74) is 6.83. The summed E-state index contributed by atoms with van der Waals surface area (Å²) in [6.45, 7) is 1.93. The van der Waals surface area contributed by atoms with Crippen LogP contribution in [0.25, 0.3) is 0 Å². The van der Waals surface area contributed by atoms with Gasteiger partial charge in [-0.15, -0.1) is 0 Å². The lowest BCUT2D eigenvalue weighted by Crippen LogP contribution is -2.16. The molecule has 98 valence electrons. The summed E-state index contributed by atoms with van der Waals surface area (Å²) in [6.07, 6.45) is 1.55. The molecule has 3 N–H and O–H groups in total. The minimum Gasteiger partial charge on any atom is -0.455 e. The topological polar surface area (TPSA) is 80.7 Å². The minimum atomic E-state index is -0.0942. The average Bonchev–Trinajstić information content (AvgIpc) is 2.42. The maximum Gasteiger partial charge on any atom is 0.192 e. The highest BCUT2D eigenvalue weighted by Gasteiger charge is 2.11. The molecule has 6 heteroatoms. The highest BCUT2D eigenvalue weighted by atomic mass is 79.9. The first kappa shape index (κ1) is 13.4. The molecule has 0 atom stereocenters. The minimum absolute atomic E-state index is 0.0942. The van der Waals surface area contributed by atoms with Crippen molar-refractivity contribution in [2.24, 2.45) is 10.9 Å². The summed E-state index contributed by atoms with van der Waals surface area (Å²) < 4.78 is 6.68. The van der Waals surface area contributed by atoms with Crippen molar-refractivity contribution in [3.8, 4) is 11.5 Å². The maximum absolute atomic E-state index is 8.74. The van der Waals surface area contributed by atoms with Gasteiger partial charge in [-0.05, 0) is 36.8 Å². The molecule has 0 amide bonds. The number of aryl methyl sites for hydroxylation is 1. The molecule has 0 aliphatic heterocycles. The Bertz CT molecular complexity index is 629. The van der Waals surface area contributed by atoms with E-state index < -0.39 is 0 Å². The number of nitrogens with zero attached hydrogens (tertiary/aromatic N) is 2. The van der Waals surface area contributed by atoms with Crippen LogP contribution >= 0.6 is 15.9 Å². The van der Waals surface area contributed by atoms with Gasteiger partial charge in [0.05, 0.1) is 0 Å². The van der Waals surface area contributed by atoms with E-state index in [0.29, 0.717) is 17.2 Å². The zero-order valence-corrected chi connectivity index (χ0v) is 11.8. The van der Waals surface area contributed by atoms with Gasteiger partial charge in [0.15, 0.2) is 17.3 Å². The summed E-state index contributed by atoms with van der Waals surface area (Å²) in [6, 6.07) is 9.13. The number of ether oxygens (including phenoxy) is 1. The molecule has 19 heavy (non-hydrogen) atoms. The van der Waals surface area contributed by atoms with Crippen molar-refractivity contribution in [2.75, 3.05) is 0 Å². The molecule has 1 aromatic carbocycles. The van der Waals surface area contributed by atoms with Crippen LogP contribution in [0.5, 0.6) is 11.5 Å². The fourth-order valence-corrected chi connectivity index (χ4v) is 1.86. The number of benzene rings is 1. The molecule has 1 heterocycles. The first-order valence-corrected chi connectivity index (χ1v) is 6.28. The number of oxime groups is 1. The molecular weight excluding hydrogens is 310 g/mol. The quantitative estimate of drug-likeness (QED) is 0.394. The van der Waals surface area contributed by atoms with E-state index in [1.54, 1.807) is 18.3 Å². The third-order valence-electron chi connectivity index (χ3n) is 2.49. The highest BCUT2D eigenvalue weighted by molar-refractivity contribution is 9.10.